The van der Waals surface area contributed by atoms with Gasteiger partial charge in [0, 0.05) is 11.3 Å². The van der Waals surface area contributed by atoms with Crippen LogP contribution in [0, 0.1) is 13.8 Å². The van der Waals surface area contributed by atoms with E-state index in [0.29, 0.717) is 30.3 Å². The fourth-order valence-electron chi connectivity index (χ4n) is 2.27. The summed E-state index contributed by atoms with van der Waals surface area (Å²) < 4.78 is 11.1. The van der Waals surface area contributed by atoms with Gasteiger partial charge in [-0.15, -0.1) is 0 Å². The largest absolute Gasteiger partial charge is 0.490 e. The first-order valence-electron chi connectivity index (χ1n) is 7.95. The van der Waals surface area contributed by atoms with Gasteiger partial charge >= 0.3 is 0 Å². The summed E-state index contributed by atoms with van der Waals surface area (Å²) in [5, 5.41) is 2.95. The van der Waals surface area contributed by atoms with E-state index in [-0.39, 0.29) is 5.91 Å². The molecular formula is C20H23NO3. The zero-order valence-electron chi connectivity index (χ0n) is 14.4. The van der Waals surface area contributed by atoms with Crippen molar-refractivity contribution in [1.29, 1.82) is 0 Å². The van der Waals surface area contributed by atoms with Gasteiger partial charge < -0.3 is 14.8 Å². The van der Waals surface area contributed by atoms with E-state index in [2.05, 4.69) is 11.9 Å². The number of nitrogens with one attached hydrogen (secondary N) is 1. The highest BCUT2D eigenvalue weighted by atomic mass is 16.5. The molecule has 1 amide bonds. The summed E-state index contributed by atoms with van der Waals surface area (Å²) >= 11 is 0. The monoisotopic (exact) mass is 325 g/mol. The Bertz CT molecular complexity index is 738. The summed E-state index contributed by atoms with van der Waals surface area (Å²) in [6.45, 7) is 10.4. The highest BCUT2D eigenvalue weighted by Crippen LogP contribution is 2.29. The number of aryl methyl sites for hydroxylation is 1. The predicted molar refractivity (Wildman–Crippen MR) is 97.2 cm³/mol. The van der Waals surface area contributed by atoms with E-state index in [1.54, 1.807) is 24.3 Å². The maximum absolute atomic E-state index is 12.5. The molecule has 0 aliphatic rings. The third-order valence-corrected chi connectivity index (χ3v) is 3.72. The van der Waals surface area contributed by atoms with Gasteiger partial charge in [0.15, 0.2) is 11.5 Å². The molecule has 0 atom stereocenters. The van der Waals surface area contributed by atoms with E-state index in [0.717, 1.165) is 16.8 Å². The summed E-state index contributed by atoms with van der Waals surface area (Å²) in [5.74, 6) is 0.966. The van der Waals surface area contributed by atoms with Gasteiger partial charge in [0.1, 0.15) is 6.61 Å². The van der Waals surface area contributed by atoms with Crippen LogP contribution in [0.2, 0.25) is 0 Å². The molecule has 1 N–H and O–H groups in total. The van der Waals surface area contributed by atoms with E-state index < -0.39 is 0 Å². The summed E-state index contributed by atoms with van der Waals surface area (Å²) in [7, 11) is 0. The van der Waals surface area contributed by atoms with Gasteiger partial charge in [-0.05, 0) is 56.2 Å². The molecule has 0 fully saturated rings. The maximum atomic E-state index is 12.5. The lowest BCUT2D eigenvalue weighted by Crippen LogP contribution is -2.13. The van der Waals surface area contributed by atoms with E-state index >= 15 is 0 Å². The molecule has 0 saturated heterocycles. The Kier molecular flexibility index (Phi) is 6.01. The average molecular weight is 325 g/mol. The molecule has 0 aliphatic heterocycles. The number of ether oxygens (including phenoxy) is 2. The van der Waals surface area contributed by atoms with Crippen LogP contribution in [0.1, 0.15) is 28.4 Å². The Morgan fingerprint density at radius 2 is 1.96 bits per heavy atom. The van der Waals surface area contributed by atoms with Gasteiger partial charge in [0.05, 0.1) is 6.61 Å². The second-order valence-corrected chi connectivity index (χ2v) is 5.40. The Balaban J connectivity index is 2.24. The SMILES string of the molecule is C=CCOc1ccc(C(=O)Nc2cccc(C)c2C)cc1OCC. The highest BCUT2D eigenvalue weighted by Gasteiger charge is 2.13. The molecule has 0 radical (unpaired) electrons. The van der Waals surface area contributed by atoms with Gasteiger partial charge in [-0.3, -0.25) is 4.79 Å². The molecule has 0 aromatic heterocycles. The molecule has 4 nitrogen and oxygen atoms in total. The Morgan fingerprint density at radius 3 is 2.67 bits per heavy atom. The number of hydrogen-bond donors (Lipinski definition) is 1. The minimum absolute atomic E-state index is 0.181. The lowest BCUT2D eigenvalue weighted by atomic mass is 10.1. The van der Waals surface area contributed by atoms with Gasteiger partial charge in [-0.2, -0.15) is 0 Å². The van der Waals surface area contributed by atoms with Gasteiger partial charge in [-0.25, -0.2) is 0 Å². The van der Waals surface area contributed by atoms with Crippen LogP contribution >= 0.6 is 0 Å². The van der Waals surface area contributed by atoms with Crippen LogP contribution in [-0.4, -0.2) is 19.1 Å². The van der Waals surface area contributed by atoms with Crippen molar-refractivity contribution in [2.45, 2.75) is 20.8 Å². The third kappa shape index (κ3) is 4.16. The standard InChI is InChI=1S/C20H23NO3/c1-5-12-24-18-11-10-16(13-19(18)23-6-2)20(22)21-17-9-7-8-14(3)15(17)4/h5,7-11,13H,1,6,12H2,2-4H3,(H,21,22). The first kappa shape index (κ1) is 17.6. The predicted octanol–water partition coefficient (Wildman–Crippen LogP) is 4.52. The number of anilines is 1. The van der Waals surface area contributed by atoms with Crippen molar-refractivity contribution in [3.8, 4) is 11.5 Å². The number of carbonyl (C=O) groups is 1. The van der Waals surface area contributed by atoms with Crippen molar-refractivity contribution in [3.05, 3.63) is 65.7 Å². The Hall–Kier alpha value is -2.75. The molecule has 0 unspecified atom stereocenters. The topological polar surface area (TPSA) is 47.6 Å². The fraction of sp³-hybridized carbons (Fsp3) is 0.250. The molecule has 2 aromatic carbocycles. The van der Waals surface area contributed by atoms with Crippen LogP contribution in [0.4, 0.5) is 5.69 Å². The molecular weight excluding hydrogens is 302 g/mol. The molecule has 2 aromatic rings. The minimum Gasteiger partial charge on any atom is -0.490 e. The summed E-state index contributed by atoms with van der Waals surface area (Å²) in [6, 6.07) is 11.0. The van der Waals surface area contributed by atoms with Crippen LogP contribution in [-0.2, 0) is 0 Å². The second kappa shape index (κ2) is 8.20. The van der Waals surface area contributed by atoms with Crippen LogP contribution < -0.4 is 14.8 Å². The smallest absolute Gasteiger partial charge is 0.255 e. The summed E-state index contributed by atoms with van der Waals surface area (Å²) in [4.78, 5) is 12.5. The van der Waals surface area contributed by atoms with Gasteiger partial charge in [0.2, 0.25) is 0 Å². The van der Waals surface area contributed by atoms with E-state index in [9.17, 15) is 4.79 Å². The van der Waals surface area contributed by atoms with E-state index in [1.165, 1.54) is 0 Å². The molecule has 4 heteroatoms. The zero-order chi connectivity index (χ0) is 17.5. The first-order chi connectivity index (χ1) is 11.6. The maximum Gasteiger partial charge on any atom is 0.255 e. The van der Waals surface area contributed by atoms with Crippen molar-refractivity contribution in [3.63, 3.8) is 0 Å². The van der Waals surface area contributed by atoms with Gasteiger partial charge in [0.25, 0.3) is 5.91 Å². The van der Waals surface area contributed by atoms with Crippen LogP contribution in [0.3, 0.4) is 0 Å². The van der Waals surface area contributed by atoms with Crippen LogP contribution in [0.15, 0.2) is 49.1 Å². The molecule has 2 rings (SSSR count). The Labute approximate surface area is 143 Å². The molecule has 0 spiro atoms. The number of amides is 1. The highest BCUT2D eigenvalue weighted by molar-refractivity contribution is 6.05. The number of benzene rings is 2. The fourth-order valence-corrected chi connectivity index (χ4v) is 2.27. The van der Waals surface area contributed by atoms with Gasteiger partial charge in [-0.1, -0.05) is 24.8 Å². The van der Waals surface area contributed by atoms with Crippen molar-refractivity contribution in [2.24, 2.45) is 0 Å². The lowest BCUT2D eigenvalue weighted by molar-refractivity contribution is 0.102. The second-order valence-electron chi connectivity index (χ2n) is 5.40. The number of hydrogen-bond acceptors (Lipinski definition) is 3. The quantitative estimate of drug-likeness (QED) is 0.761. The summed E-state index contributed by atoms with van der Waals surface area (Å²) in [6.07, 6.45) is 1.66. The molecule has 24 heavy (non-hydrogen) atoms. The summed E-state index contributed by atoms with van der Waals surface area (Å²) in [5.41, 5.74) is 3.52. The molecule has 0 aliphatic carbocycles. The molecule has 0 heterocycles. The van der Waals surface area contributed by atoms with Crippen molar-refractivity contribution < 1.29 is 14.3 Å². The van der Waals surface area contributed by atoms with Crippen molar-refractivity contribution >= 4 is 11.6 Å². The Morgan fingerprint density at radius 1 is 1.17 bits per heavy atom. The van der Waals surface area contributed by atoms with Crippen molar-refractivity contribution in [1.82, 2.24) is 0 Å². The van der Waals surface area contributed by atoms with Crippen LogP contribution in [0.25, 0.3) is 0 Å². The first-order valence-corrected chi connectivity index (χ1v) is 7.95. The number of rotatable bonds is 7. The molecule has 0 saturated carbocycles. The van der Waals surface area contributed by atoms with E-state index in [1.807, 2.05) is 39.0 Å². The molecule has 126 valence electrons. The lowest BCUT2D eigenvalue weighted by Gasteiger charge is -2.14. The average Bonchev–Trinajstić information content (AvgIpc) is 2.58. The third-order valence-electron chi connectivity index (χ3n) is 3.72. The zero-order valence-corrected chi connectivity index (χ0v) is 14.4. The normalized spacial score (nSPS) is 10.1. The number of carbonyl (C=O) groups excluding carboxylic acids is 1. The van der Waals surface area contributed by atoms with Crippen molar-refractivity contribution in [2.75, 3.05) is 18.5 Å². The van der Waals surface area contributed by atoms with Crippen LogP contribution in [0.5, 0.6) is 11.5 Å². The minimum atomic E-state index is -0.181. The molecule has 0 bridgehead atoms. The van der Waals surface area contributed by atoms with E-state index in [4.69, 9.17) is 9.47 Å².